The Balaban J connectivity index is -0.000000107. The fourth-order valence-electron chi connectivity index (χ4n) is 0. The quantitative estimate of drug-likeness (QED) is 0.768. The van der Waals surface area contributed by atoms with Crippen molar-refractivity contribution in [3.8, 4) is 0 Å². The van der Waals surface area contributed by atoms with Gasteiger partial charge in [0.15, 0.2) is 0 Å². The number of aliphatic hydroxyl groups is 2. The topological polar surface area (TPSA) is 40.5 Å². The van der Waals surface area contributed by atoms with E-state index in [1.54, 1.807) is 13.8 Å². The van der Waals surface area contributed by atoms with Gasteiger partial charge in [-0.1, -0.05) is 13.8 Å². The molecule has 0 aromatic rings. The van der Waals surface area contributed by atoms with E-state index in [0.717, 1.165) is 12.8 Å². The summed E-state index contributed by atoms with van der Waals surface area (Å²) in [4.78, 5) is 0. The Morgan fingerprint density at radius 1 is 0.909 bits per heavy atom. The Morgan fingerprint density at radius 2 is 1.00 bits per heavy atom. The molecule has 0 aromatic heterocycles. The van der Waals surface area contributed by atoms with Gasteiger partial charge in [-0.3, -0.25) is 0 Å². The SMILES string of the molecule is CCC(C)O.CCC(C)O.[Zr]. The van der Waals surface area contributed by atoms with Crippen molar-refractivity contribution in [2.75, 3.05) is 0 Å². The second kappa shape index (κ2) is 13.4. The van der Waals surface area contributed by atoms with E-state index in [1.807, 2.05) is 13.8 Å². The molecule has 0 aliphatic carbocycles. The number of rotatable bonds is 2. The van der Waals surface area contributed by atoms with Gasteiger partial charge in [0, 0.05) is 26.2 Å². The first-order valence-corrected chi connectivity index (χ1v) is 3.90. The molecule has 0 fully saturated rings. The van der Waals surface area contributed by atoms with Crippen LogP contribution in [-0.2, 0) is 26.2 Å². The molecule has 11 heavy (non-hydrogen) atoms. The van der Waals surface area contributed by atoms with Crippen LogP contribution in [0.15, 0.2) is 0 Å². The zero-order chi connectivity index (χ0) is 8.57. The number of aliphatic hydroxyl groups excluding tert-OH is 2. The molecule has 0 aliphatic rings. The summed E-state index contributed by atoms with van der Waals surface area (Å²) in [5.41, 5.74) is 0. The second-order valence-electron chi connectivity index (χ2n) is 2.51. The summed E-state index contributed by atoms with van der Waals surface area (Å²) in [6.45, 7) is 7.45. The predicted molar refractivity (Wildman–Crippen MR) is 43.9 cm³/mol. The van der Waals surface area contributed by atoms with Crippen LogP contribution in [-0.4, -0.2) is 22.4 Å². The normalized spacial score (nSPS) is 13.6. The third-order valence-corrected chi connectivity index (χ3v) is 1.18. The first kappa shape index (κ1) is 17.8. The molecule has 2 nitrogen and oxygen atoms in total. The molecule has 0 rings (SSSR count). The van der Waals surface area contributed by atoms with Gasteiger partial charge in [0.2, 0.25) is 0 Å². The first-order chi connectivity index (χ1) is 4.54. The Morgan fingerprint density at radius 3 is 1.00 bits per heavy atom. The first-order valence-electron chi connectivity index (χ1n) is 3.90. The predicted octanol–water partition coefficient (Wildman–Crippen LogP) is 1.55. The molecule has 0 aliphatic heterocycles. The average Bonchev–Trinajstić information content (AvgIpc) is 1.89. The van der Waals surface area contributed by atoms with Gasteiger partial charge in [-0.2, -0.15) is 0 Å². The molecule has 2 atom stereocenters. The molecule has 0 amide bonds. The van der Waals surface area contributed by atoms with Crippen molar-refractivity contribution < 1.29 is 36.4 Å². The summed E-state index contributed by atoms with van der Waals surface area (Å²) >= 11 is 0. The van der Waals surface area contributed by atoms with Crippen molar-refractivity contribution >= 4 is 0 Å². The summed E-state index contributed by atoms with van der Waals surface area (Å²) in [5.74, 6) is 0. The third kappa shape index (κ3) is 36.3. The molecule has 0 saturated heterocycles. The standard InChI is InChI=1S/2C4H10O.Zr/c2*1-3-4(2)5;/h2*4-5H,3H2,1-2H3;. The Bertz CT molecular complexity index is 48.1. The van der Waals surface area contributed by atoms with Crippen LogP contribution < -0.4 is 0 Å². The zero-order valence-corrected chi connectivity index (χ0v) is 10.4. The zero-order valence-electron chi connectivity index (χ0n) is 7.96. The molecule has 0 radical (unpaired) electrons. The van der Waals surface area contributed by atoms with Crippen LogP contribution in [0.2, 0.25) is 0 Å². The van der Waals surface area contributed by atoms with Gasteiger partial charge < -0.3 is 10.2 Å². The van der Waals surface area contributed by atoms with Crippen LogP contribution in [0.1, 0.15) is 40.5 Å². The van der Waals surface area contributed by atoms with Crippen molar-refractivity contribution in [3.05, 3.63) is 0 Å². The molecule has 0 saturated carbocycles. The summed E-state index contributed by atoms with van der Waals surface area (Å²) in [7, 11) is 0. The van der Waals surface area contributed by atoms with Crippen LogP contribution in [0.5, 0.6) is 0 Å². The Labute approximate surface area is 89.1 Å². The van der Waals surface area contributed by atoms with Crippen molar-refractivity contribution in [1.82, 2.24) is 0 Å². The van der Waals surface area contributed by atoms with Crippen LogP contribution in [0.25, 0.3) is 0 Å². The molecule has 0 heterocycles. The van der Waals surface area contributed by atoms with Gasteiger partial charge in [0.1, 0.15) is 0 Å². The summed E-state index contributed by atoms with van der Waals surface area (Å²) < 4.78 is 0. The fraction of sp³-hybridized carbons (Fsp3) is 1.00. The molecule has 3 heteroatoms. The average molecular weight is 239 g/mol. The summed E-state index contributed by atoms with van der Waals surface area (Å²) in [5, 5.41) is 16.7. The monoisotopic (exact) mass is 238 g/mol. The van der Waals surface area contributed by atoms with E-state index in [9.17, 15) is 0 Å². The van der Waals surface area contributed by atoms with Crippen LogP contribution in [0, 0.1) is 0 Å². The van der Waals surface area contributed by atoms with Gasteiger partial charge in [0.05, 0.1) is 12.2 Å². The van der Waals surface area contributed by atoms with Gasteiger partial charge in [-0.25, -0.2) is 0 Å². The molecule has 0 spiro atoms. The minimum atomic E-state index is -0.116. The van der Waals surface area contributed by atoms with Gasteiger partial charge in [-0.15, -0.1) is 0 Å². The summed E-state index contributed by atoms with van der Waals surface area (Å²) in [6, 6.07) is 0. The van der Waals surface area contributed by atoms with E-state index in [1.165, 1.54) is 0 Å². The maximum absolute atomic E-state index is 8.36. The minimum absolute atomic E-state index is 0. The fourth-order valence-corrected chi connectivity index (χ4v) is 0. The van der Waals surface area contributed by atoms with Gasteiger partial charge in [0.25, 0.3) is 0 Å². The van der Waals surface area contributed by atoms with Crippen molar-refractivity contribution in [1.29, 1.82) is 0 Å². The van der Waals surface area contributed by atoms with E-state index >= 15 is 0 Å². The minimum Gasteiger partial charge on any atom is -0.393 e. The van der Waals surface area contributed by atoms with Crippen LogP contribution in [0.3, 0.4) is 0 Å². The Hall–Kier alpha value is 0.803. The van der Waals surface area contributed by atoms with Crippen molar-refractivity contribution in [3.63, 3.8) is 0 Å². The number of hydrogen-bond acceptors (Lipinski definition) is 2. The Kier molecular flexibility index (Phi) is 21.6. The third-order valence-electron chi connectivity index (χ3n) is 1.18. The van der Waals surface area contributed by atoms with E-state index < -0.39 is 0 Å². The van der Waals surface area contributed by atoms with E-state index in [4.69, 9.17) is 10.2 Å². The summed E-state index contributed by atoms with van der Waals surface area (Å²) in [6.07, 6.45) is 1.49. The maximum atomic E-state index is 8.36. The molecule has 0 aromatic carbocycles. The molecular weight excluding hydrogens is 219 g/mol. The van der Waals surface area contributed by atoms with Gasteiger partial charge in [-0.05, 0) is 26.7 Å². The van der Waals surface area contributed by atoms with E-state index in [2.05, 4.69) is 0 Å². The maximum Gasteiger partial charge on any atom is 0.0509 e. The smallest absolute Gasteiger partial charge is 0.0509 e. The van der Waals surface area contributed by atoms with Crippen molar-refractivity contribution in [2.24, 2.45) is 0 Å². The molecule has 0 bridgehead atoms. The van der Waals surface area contributed by atoms with Crippen LogP contribution in [0.4, 0.5) is 0 Å². The number of hydrogen-bond donors (Lipinski definition) is 2. The van der Waals surface area contributed by atoms with Crippen molar-refractivity contribution in [2.45, 2.75) is 52.7 Å². The van der Waals surface area contributed by atoms with Crippen LogP contribution >= 0.6 is 0 Å². The molecule has 68 valence electrons. The largest absolute Gasteiger partial charge is 0.393 e. The van der Waals surface area contributed by atoms with E-state index in [0.29, 0.717) is 0 Å². The second-order valence-corrected chi connectivity index (χ2v) is 2.51. The molecular formula is C8H20O2Zr. The van der Waals surface area contributed by atoms with Gasteiger partial charge >= 0.3 is 0 Å². The van der Waals surface area contributed by atoms with E-state index in [-0.39, 0.29) is 38.4 Å². The molecule has 2 N–H and O–H groups in total. The molecule has 2 unspecified atom stereocenters.